The molecule has 5 nitrogen and oxygen atoms in total. The van der Waals surface area contributed by atoms with Crippen LogP contribution in [-0.2, 0) is 9.53 Å². The van der Waals surface area contributed by atoms with E-state index in [4.69, 9.17) is 9.47 Å². The molecule has 1 atom stereocenters. The van der Waals surface area contributed by atoms with Crippen molar-refractivity contribution in [3.05, 3.63) is 83.7 Å². The monoisotopic (exact) mass is 480 g/mol. The molecule has 0 spiro atoms. The molecule has 0 unspecified atom stereocenters. The summed E-state index contributed by atoms with van der Waals surface area (Å²) in [6.45, 7) is 9.49. The van der Waals surface area contributed by atoms with Gasteiger partial charge in [0.05, 0.1) is 20.1 Å². The Morgan fingerprint density at radius 2 is 1.74 bits per heavy atom. The van der Waals surface area contributed by atoms with Crippen molar-refractivity contribution in [2.75, 3.05) is 51.3 Å². The number of halogens is 1. The highest BCUT2D eigenvalue weighted by Gasteiger charge is 2.17. The third-order valence-corrected chi connectivity index (χ3v) is 6.38. The Balaban J connectivity index is 1.36. The molecule has 2 aromatic rings. The van der Waals surface area contributed by atoms with E-state index in [0.29, 0.717) is 13.0 Å². The fourth-order valence-electron chi connectivity index (χ4n) is 4.14. The van der Waals surface area contributed by atoms with Gasteiger partial charge in [-0.05, 0) is 66.8 Å². The third-order valence-electron chi connectivity index (χ3n) is 6.38. The molecule has 35 heavy (non-hydrogen) atoms. The van der Waals surface area contributed by atoms with Crippen molar-refractivity contribution >= 4 is 11.7 Å². The first-order valence-electron chi connectivity index (χ1n) is 12.3. The number of piperazine rings is 1. The number of anilines is 1. The summed E-state index contributed by atoms with van der Waals surface area (Å²) in [7, 11) is 1.41. The van der Waals surface area contributed by atoms with Gasteiger partial charge in [-0.2, -0.15) is 0 Å². The van der Waals surface area contributed by atoms with Crippen LogP contribution in [0.4, 0.5) is 10.1 Å². The largest absolute Gasteiger partial charge is 0.493 e. The number of carbonyl (C=O) groups excluding carboxylic acids is 1. The van der Waals surface area contributed by atoms with E-state index in [-0.39, 0.29) is 17.7 Å². The molecule has 0 bridgehead atoms. The van der Waals surface area contributed by atoms with E-state index in [2.05, 4.69) is 35.0 Å². The quantitative estimate of drug-likeness (QED) is 0.238. The number of methoxy groups -OCH3 is 1. The highest BCUT2D eigenvalue weighted by molar-refractivity contribution is 5.70. The average Bonchev–Trinajstić information content (AvgIpc) is 2.89. The Bertz CT molecular complexity index is 978. The van der Waals surface area contributed by atoms with Crippen LogP contribution in [0.5, 0.6) is 5.75 Å². The lowest BCUT2D eigenvalue weighted by Crippen LogP contribution is -2.46. The number of rotatable bonds is 11. The lowest BCUT2D eigenvalue weighted by Gasteiger charge is -2.36. The maximum Gasteiger partial charge on any atom is 0.306 e. The van der Waals surface area contributed by atoms with Gasteiger partial charge < -0.3 is 14.4 Å². The molecule has 0 aliphatic carbocycles. The highest BCUT2D eigenvalue weighted by Crippen LogP contribution is 2.22. The average molecular weight is 481 g/mol. The molecule has 1 fully saturated rings. The molecule has 1 aliphatic heterocycles. The number of ether oxygens (including phenoxy) is 2. The zero-order valence-corrected chi connectivity index (χ0v) is 21.1. The van der Waals surface area contributed by atoms with Gasteiger partial charge in [-0.3, -0.25) is 9.69 Å². The summed E-state index contributed by atoms with van der Waals surface area (Å²) >= 11 is 0. The van der Waals surface area contributed by atoms with Gasteiger partial charge in [0.2, 0.25) is 0 Å². The first kappa shape index (κ1) is 26.5. The molecular formula is C29H37FN2O3. The van der Waals surface area contributed by atoms with Crippen LogP contribution in [0.1, 0.15) is 38.2 Å². The fourth-order valence-corrected chi connectivity index (χ4v) is 4.14. The number of benzene rings is 2. The summed E-state index contributed by atoms with van der Waals surface area (Å²) in [5.41, 5.74) is 3.48. The third kappa shape index (κ3) is 8.55. The molecule has 0 amide bonds. The summed E-state index contributed by atoms with van der Waals surface area (Å²) in [6.07, 6.45) is 7.72. The SMILES string of the molecule is C/C=C(\C=C/CCOc1ccc([C@@H](C)CC(=O)OC)cc1)CN1CCN(c2ccc(F)cc2)CC1. The molecule has 0 N–H and O–H groups in total. The summed E-state index contributed by atoms with van der Waals surface area (Å²) in [5.74, 6) is 0.557. The van der Waals surface area contributed by atoms with E-state index in [0.717, 1.165) is 56.1 Å². The summed E-state index contributed by atoms with van der Waals surface area (Å²) in [5, 5.41) is 0. The number of esters is 1. The number of nitrogens with zero attached hydrogens (tertiary/aromatic N) is 2. The minimum Gasteiger partial charge on any atom is -0.493 e. The molecule has 3 rings (SSSR count). The number of allylic oxidation sites excluding steroid dienone is 1. The van der Waals surface area contributed by atoms with Gasteiger partial charge in [0.15, 0.2) is 0 Å². The second kappa shape index (κ2) is 13.7. The van der Waals surface area contributed by atoms with Crippen LogP contribution in [0.25, 0.3) is 0 Å². The number of hydrogen-bond acceptors (Lipinski definition) is 5. The van der Waals surface area contributed by atoms with Crippen molar-refractivity contribution in [3.63, 3.8) is 0 Å². The molecule has 0 saturated carbocycles. The van der Waals surface area contributed by atoms with Gasteiger partial charge in [-0.25, -0.2) is 4.39 Å². The molecule has 188 valence electrons. The minimum atomic E-state index is -0.197. The fraction of sp³-hybridized carbons (Fsp3) is 0.414. The summed E-state index contributed by atoms with van der Waals surface area (Å²) in [6, 6.07) is 14.7. The van der Waals surface area contributed by atoms with Crippen LogP contribution in [0.2, 0.25) is 0 Å². The second-order valence-corrected chi connectivity index (χ2v) is 8.89. The highest BCUT2D eigenvalue weighted by atomic mass is 19.1. The van der Waals surface area contributed by atoms with E-state index in [1.54, 1.807) is 0 Å². The van der Waals surface area contributed by atoms with Crippen molar-refractivity contribution in [2.24, 2.45) is 0 Å². The molecule has 1 aliphatic rings. The van der Waals surface area contributed by atoms with Crippen molar-refractivity contribution in [1.82, 2.24) is 4.90 Å². The van der Waals surface area contributed by atoms with Crippen molar-refractivity contribution < 1.29 is 18.7 Å². The summed E-state index contributed by atoms with van der Waals surface area (Å²) < 4.78 is 23.8. The normalized spacial score (nSPS) is 15.9. The number of hydrogen-bond donors (Lipinski definition) is 0. The van der Waals surface area contributed by atoms with Crippen LogP contribution < -0.4 is 9.64 Å². The molecule has 2 aromatic carbocycles. The zero-order valence-electron chi connectivity index (χ0n) is 21.1. The van der Waals surface area contributed by atoms with Crippen LogP contribution in [0, 0.1) is 5.82 Å². The van der Waals surface area contributed by atoms with Gasteiger partial charge >= 0.3 is 5.97 Å². The van der Waals surface area contributed by atoms with Gasteiger partial charge in [0.1, 0.15) is 11.6 Å². The van der Waals surface area contributed by atoms with E-state index in [1.165, 1.54) is 24.8 Å². The Morgan fingerprint density at radius 1 is 1.06 bits per heavy atom. The Kier molecular flexibility index (Phi) is 10.4. The molecule has 0 radical (unpaired) electrons. The van der Waals surface area contributed by atoms with Gasteiger partial charge in [-0.1, -0.05) is 37.3 Å². The lowest BCUT2D eigenvalue weighted by molar-refractivity contribution is -0.140. The van der Waals surface area contributed by atoms with E-state index < -0.39 is 0 Å². The Hall–Kier alpha value is -3.12. The molecular weight excluding hydrogens is 443 g/mol. The topological polar surface area (TPSA) is 42.0 Å². The van der Waals surface area contributed by atoms with Gasteiger partial charge in [-0.15, -0.1) is 0 Å². The van der Waals surface area contributed by atoms with Crippen molar-refractivity contribution in [3.8, 4) is 5.75 Å². The standard InChI is InChI=1S/C29H37FN2O3/c1-4-24(22-31-16-18-32(19-17-31)27-12-10-26(30)11-13-27)7-5-6-20-35-28-14-8-25(9-15-28)23(2)21-29(33)34-3/h4-5,7-15,23H,6,16-22H2,1-3H3/b7-5-,24-4+/t23-/m0/s1. The number of carbonyl (C=O) groups is 1. The lowest BCUT2D eigenvalue weighted by atomic mass is 9.98. The van der Waals surface area contributed by atoms with E-state index in [9.17, 15) is 9.18 Å². The van der Waals surface area contributed by atoms with E-state index in [1.807, 2.05) is 43.3 Å². The van der Waals surface area contributed by atoms with Crippen LogP contribution in [0.15, 0.2) is 72.3 Å². The molecule has 0 aromatic heterocycles. The second-order valence-electron chi connectivity index (χ2n) is 8.89. The molecule has 6 heteroatoms. The van der Waals surface area contributed by atoms with Crippen LogP contribution in [-0.4, -0.2) is 57.3 Å². The predicted octanol–water partition coefficient (Wildman–Crippen LogP) is 5.59. The predicted molar refractivity (Wildman–Crippen MR) is 140 cm³/mol. The maximum absolute atomic E-state index is 13.2. The van der Waals surface area contributed by atoms with Crippen LogP contribution >= 0.6 is 0 Å². The Labute approximate surface area is 208 Å². The zero-order chi connectivity index (χ0) is 25.0. The van der Waals surface area contributed by atoms with Gasteiger partial charge in [0.25, 0.3) is 0 Å². The summed E-state index contributed by atoms with van der Waals surface area (Å²) in [4.78, 5) is 16.2. The van der Waals surface area contributed by atoms with Crippen LogP contribution in [0.3, 0.4) is 0 Å². The first-order valence-corrected chi connectivity index (χ1v) is 12.3. The smallest absolute Gasteiger partial charge is 0.306 e. The van der Waals surface area contributed by atoms with E-state index >= 15 is 0 Å². The van der Waals surface area contributed by atoms with Crippen molar-refractivity contribution in [1.29, 1.82) is 0 Å². The Morgan fingerprint density at radius 3 is 2.37 bits per heavy atom. The molecule has 1 heterocycles. The molecule has 1 saturated heterocycles. The minimum absolute atomic E-state index is 0.115. The van der Waals surface area contributed by atoms with Gasteiger partial charge in [0, 0.05) is 38.4 Å². The first-order chi connectivity index (χ1) is 17.0. The van der Waals surface area contributed by atoms with Crippen molar-refractivity contribution in [2.45, 2.75) is 32.6 Å². The maximum atomic E-state index is 13.2.